The van der Waals surface area contributed by atoms with Gasteiger partial charge in [-0.15, -0.1) is 0 Å². The van der Waals surface area contributed by atoms with E-state index >= 15 is 0 Å². The summed E-state index contributed by atoms with van der Waals surface area (Å²) in [7, 11) is 1.48. The molecule has 0 atom stereocenters. The minimum absolute atomic E-state index is 0.268. The zero-order valence-electron chi connectivity index (χ0n) is 12.0. The molecule has 2 rings (SSSR count). The van der Waals surface area contributed by atoms with Crippen LogP contribution < -0.4 is 10.1 Å². The average molecular weight is 324 g/mol. The van der Waals surface area contributed by atoms with Gasteiger partial charge in [0.1, 0.15) is 0 Å². The lowest BCUT2D eigenvalue weighted by atomic mass is 10.1. The van der Waals surface area contributed by atoms with Crippen molar-refractivity contribution in [1.82, 2.24) is 0 Å². The lowest BCUT2D eigenvalue weighted by Gasteiger charge is -2.11. The number of benzene rings is 2. The van der Waals surface area contributed by atoms with Crippen molar-refractivity contribution >= 4 is 34.8 Å². The van der Waals surface area contributed by atoms with E-state index < -0.39 is 0 Å². The van der Waals surface area contributed by atoms with E-state index in [4.69, 9.17) is 27.9 Å². The molecule has 0 aliphatic heterocycles. The summed E-state index contributed by atoms with van der Waals surface area (Å²) >= 11 is 12.1. The molecule has 1 amide bonds. The standard InChI is InChI=1S/C16H15Cl2NO2/c1-9-4-5-10(2)14(6-9)19-16(20)11-7-12(17)15(21-3)13(18)8-11/h4-8H,1-3H3,(H,19,20). The van der Waals surface area contributed by atoms with Gasteiger partial charge in [0.25, 0.3) is 5.91 Å². The first kappa shape index (κ1) is 15.7. The molecule has 0 radical (unpaired) electrons. The van der Waals surface area contributed by atoms with Gasteiger partial charge in [0.05, 0.1) is 17.2 Å². The van der Waals surface area contributed by atoms with Crippen LogP contribution in [-0.4, -0.2) is 13.0 Å². The van der Waals surface area contributed by atoms with E-state index in [1.165, 1.54) is 19.2 Å². The molecule has 3 nitrogen and oxygen atoms in total. The topological polar surface area (TPSA) is 38.3 Å². The quantitative estimate of drug-likeness (QED) is 0.874. The Balaban J connectivity index is 2.31. The minimum atomic E-state index is -0.268. The Morgan fingerprint density at radius 3 is 2.29 bits per heavy atom. The molecule has 0 bridgehead atoms. The normalized spacial score (nSPS) is 10.3. The first-order valence-corrected chi connectivity index (χ1v) is 7.09. The number of rotatable bonds is 3. The number of hydrogen-bond donors (Lipinski definition) is 1. The van der Waals surface area contributed by atoms with E-state index in [1.54, 1.807) is 0 Å². The summed E-state index contributed by atoms with van der Waals surface area (Å²) < 4.78 is 5.07. The summed E-state index contributed by atoms with van der Waals surface area (Å²) in [6.07, 6.45) is 0. The average Bonchev–Trinajstić information content (AvgIpc) is 2.42. The first-order valence-electron chi connectivity index (χ1n) is 6.34. The van der Waals surface area contributed by atoms with Gasteiger partial charge < -0.3 is 10.1 Å². The fourth-order valence-electron chi connectivity index (χ4n) is 1.95. The summed E-state index contributed by atoms with van der Waals surface area (Å²) in [6.45, 7) is 3.90. The lowest BCUT2D eigenvalue weighted by Crippen LogP contribution is -2.13. The Labute approximate surface area is 133 Å². The number of ether oxygens (including phenoxy) is 1. The van der Waals surface area contributed by atoms with Gasteiger partial charge in [0.15, 0.2) is 5.75 Å². The largest absolute Gasteiger partial charge is 0.494 e. The number of anilines is 1. The highest BCUT2D eigenvalue weighted by molar-refractivity contribution is 6.37. The highest BCUT2D eigenvalue weighted by Gasteiger charge is 2.14. The van der Waals surface area contributed by atoms with Gasteiger partial charge in [-0.3, -0.25) is 4.79 Å². The Kier molecular flexibility index (Phi) is 4.76. The van der Waals surface area contributed by atoms with E-state index in [2.05, 4.69) is 5.32 Å². The van der Waals surface area contributed by atoms with E-state index in [1.807, 2.05) is 32.0 Å². The van der Waals surface area contributed by atoms with Crippen LogP contribution in [-0.2, 0) is 0 Å². The Bertz CT molecular complexity index is 676. The molecule has 1 N–H and O–H groups in total. The number of methoxy groups -OCH3 is 1. The first-order chi connectivity index (χ1) is 9.92. The summed E-state index contributed by atoms with van der Waals surface area (Å²) in [4.78, 5) is 12.3. The fourth-order valence-corrected chi connectivity index (χ4v) is 2.59. The van der Waals surface area contributed by atoms with Gasteiger partial charge in [0.2, 0.25) is 0 Å². The van der Waals surface area contributed by atoms with Crippen molar-refractivity contribution in [3.8, 4) is 5.75 Å². The number of nitrogens with one attached hydrogen (secondary N) is 1. The summed E-state index contributed by atoms with van der Waals surface area (Å²) in [5, 5.41) is 3.47. The SMILES string of the molecule is COc1c(Cl)cc(C(=O)Nc2cc(C)ccc2C)cc1Cl. The van der Waals surface area contributed by atoms with Crippen molar-refractivity contribution in [2.24, 2.45) is 0 Å². The van der Waals surface area contributed by atoms with Crippen LogP contribution in [0, 0.1) is 13.8 Å². The Hall–Kier alpha value is -1.71. The van der Waals surface area contributed by atoms with Crippen LogP contribution >= 0.6 is 23.2 Å². The van der Waals surface area contributed by atoms with Gasteiger partial charge in [-0.05, 0) is 43.2 Å². The van der Waals surface area contributed by atoms with E-state index in [0.717, 1.165) is 16.8 Å². The van der Waals surface area contributed by atoms with Gasteiger partial charge in [0, 0.05) is 11.3 Å². The number of halogens is 2. The number of carbonyl (C=O) groups excluding carboxylic acids is 1. The molecule has 0 saturated heterocycles. The molecule has 0 spiro atoms. The molecule has 2 aromatic carbocycles. The minimum Gasteiger partial charge on any atom is -0.494 e. The van der Waals surface area contributed by atoms with Crippen molar-refractivity contribution in [2.75, 3.05) is 12.4 Å². The zero-order valence-corrected chi connectivity index (χ0v) is 13.5. The molecule has 110 valence electrons. The van der Waals surface area contributed by atoms with Crippen LogP contribution in [0.25, 0.3) is 0 Å². The molecule has 5 heteroatoms. The van der Waals surface area contributed by atoms with Crippen LogP contribution in [0.15, 0.2) is 30.3 Å². The Morgan fingerprint density at radius 2 is 1.71 bits per heavy atom. The van der Waals surface area contributed by atoms with E-state index in [9.17, 15) is 4.79 Å². The third-order valence-corrected chi connectivity index (χ3v) is 3.67. The number of hydrogen-bond acceptors (Lipinski definition) is 2. The third kappa shape index (κ3) is 3.49. The number of aryl methyl sites for hydroxylation is 2. The Morgan fingerprint density at radius 1 is 1.10 bits per heavy atom. The second-order valence-corrected chi connectivity index (χ2v) is 5.56. The fraction of sp³-hybridized carbons (Fsp3) is 0.188. The highest BCUT2D eigenvalue weighted by atomic mass is 35.5. The third-order valence-electron chi connectivity index (χ3n) is 3.11. The maximum absolute atomic E-state index is 12.3. The van der Waals surface area contributed by atoms with Gasteiger partial charge in [-0.25, -0.2) is 0 Å². The second kappa shape index (κ2) is 6.37. The molecule has 0 aliphatic rings. The maximum Gasteiger partial charge on any atom is 0.255 e. The van der Waals surface area contributed by atoms with E-state index in [-0.39, 0.29) is 5.91 Å². The molecular weight excluding hydrogens is 309 g/mol. The van der Waals surface area contributed by atoms with Crippen molar-refractivity contribution in [1.29, 1.82) is 0 Å². The van der Waals surface area contributed by atoms with Crippen LogP contribution in [0.2, 0.25) is 10.0 Å². The summed E-state index contributed by atoms with van der Waals surface area (Å²) in [6, 6.07) is 8.93. The zero-order chi connectivity index (χ0) is 15.6. The molecule has 0 fully saturated rings. The van der Waals surface area contributed by atoms with Crippen LogP contribution in [0.4, 0.5) is 5.69 Å². The summed E-state index contributed by atoms with van der Waals surface area (Å²) in [5.41, 5.74) is 3.20. The van der Waals surface area contributed by atoms with Crippen molar-refractivity contribution in [3.63, 3.8) is 0 Å². The molecule has 21 heavy (non-hydrogen) atoms. The maximum atomic E-state index is 12.3. The molecule has 2 aromatic rings. The summed E-state index contributed by atoms with van der Waals surface area (Å²) in [5.74, 6) is 0.0942. The number of amides is 1. The molecule has 0 heterocycles. The van der Waals surface area contributed by atoms with Crippen molar-refractivity contribution < 1.29 is 9.53 Å². The predicted molar refractivity (Wildman–Crippen MR) is 86.9 cm³/mol. The second-order valence-electron chi connectivity index (χ2n) is 4.75. The predicted octanol–water partition coefficient (Wildman–Crippen LogP) is 4.87. The van der Waals surface area contributed by atoms with Crippen LogP contribution in [0.3, 0.4) is 0 Å². The number of carbonyl (C=O) groups is 1. The monoisotopic (exact) mass is 323 g/mol. The molecule has 0 saturated carbocycles. The molecule has 0 unspecified atom stereocenters. The smallest absolute Gasteiger partial charge is 0.255 e. The lowest BCUT2D eigenvalue weighted by molar-refractivity contribution is 0.102. The van der Waals surface area contributed by atoms with Crippen molar-refractivity contribution in [3.05, 3.63) is 57.1 Å². The molecule has 0 aromatic heterocycles. The highest BCUT2D eigenvalue weighted by Crippen LogP contribution is 2.34. The van der Waals surface area contributed by atoms with E-state index in [0.29, 0.717) is 21.4 Å². The van der Waals surface area contributed by atoms with Gasteiger partial charge in [-0.1, -0.05) is 35.3 Å². The molecule has 0 aliphatic carbocycles. The van der Waals surface area contributed by atoms with Crippen molar-refractivity contribution in [2.45, 2.75) is 13.8 Å². The van der Waals surface area contributed by atoms with Gasteiger partial charge >= 0.3 is 0 Å². The van der Waals surface area contributed by atoms with Crippen LogP contribution in [0.1, 0.15) is 21.5 Å². The van der Waals surface area contributed by atoms with Gasteiger partial charge in [-0.2, -0.15) is 0 Å². The molecular formula is C16H15Cl2NO2. The van der Waals surface area contributed by atoms with Crippen LogP contribution in [0.5, 0.6) is 5.75 Å².